The van der Waals surface area contributed by atoms with E-state index in [1.807, 2.05) is 4.68 Å². The minimum Gasteiger partial charge on any atom is -0.296 e. The largest absolute Gasteiger partial charge is 0.296 e. The molecule has 1 aliphatic carbocycles. The van der Waals surface area contributed by atoms with Crippen LogP contribution in [0.2, 0.25) is 0 Å². The Hall–Kier alpha value is -1.68. The third kappa shape index (κ3) is 3.39. The first-order valence-corrected chi connectivity index (χ1v) is 9.55. The summed E-state index contributed by atoms with van der Waals surface area (Å²) in [6.45, 7) is 5.30. The zero-order valence-corrected chi connectivity index (χ0v) is 14.7. The molecule has 4 rings (SSSR count). The van der Waals surface area contributed by atoms with Crippen LogP contribution in [0, 0.1) is 6.92 Å². The normalized spacial score (nSPS) is 19.9. The van der Waals surface area contributed by atoms with Crippen LogP contribution in [0.15, 0.2) is 24.3 Å². The SMILES string of the molecule is Cc1nc(CN2CCCC2)nn1-c1ccc(C2CCCCC2)cc1. The second kappa shape index (κ2) is 7.06. The van der Waals surface area contributed by atoms with Gasteiger partial charge in [-0.25, -0.2) is 9.67 Å². The lowest BCUT2D eigenvalue weighted by molar-refractivity contribution is 0.322. The zero-order chi connectivity index (χ0) is 16.4. The maximum absolute atomic E-state index is 4.75. The van der Waals surface area contributed by atoms with Gasteiger partial charge in [-0.15, -0.1) is 5.10 Å². The first-order chi connectivity index (χ1) is 11.8. The first-order valence-electron chi connectivity index (χ1n) is 9.55. The summed E-state index contributed by atoms with van der Waals surface area (Å²) in [5.41, 5.74) is 2.63. The lowest BCUT2D eigenvalue weighted by Gasteiger charge is -2.22. The third-order valence-corrected chi connectivity index (χ3v) is 5.59. The van der Waals surface area contributed by atoms with Crippen molar-refractivity contribution in [1.29, 1.82) is 0 Å². The van der Waals surface area contributed by atoms with Crippen LogP contribution >= 0.6 is 0 Å². The fourth-order valence-corrected chi connectivity index (χ4v) is 4.22. The average Bonchev–Trinajstić information content (AvgIpc) is 3.26. The molecule has 1 aliphatic heterocycles. The van der Waals surface area contributed by atoms with Crippen LogP contribution in [0.5, 0.6) is 0 Å². The van der Waals surface area contributed by atoms with Crippen molar-refractivity contribution in [3.63, 3.8) is 0 Å². The van der Waals surface area contributed by atoms with Gasteiger partial charge in [0.2, 0.25) is 0 Å². The highest BCUT2D eigenvalue weighted by Crippen LogP contribution is 2.32. The van der Waals surface area contributed by atoms with Crippen LogP contribution in [0.1, 0.15) is 68.1 Å². The second-order valence-electron chi connectivity index (χ2n) is 7.40. The van der Waals surface area contributed by atoms with Crippen molar-refractivity contribution < 1.29 is 0 Å². The number of benzene rings is 1. The van der Waals surface area contributed by atoms with Crippen molar-refractivity contribution in [2.45, 2.75) is 64.3 Å². The van der Waals surface area contributed by atoms with Crippen LogP contribution < -0.4 is 0 Å². The zero-order valence-electron chi connectivity index (χ0n) is 14.7. The van der Waals surface area contributed by atoms with E-state index < -0.39 is 0 Å². The lowest BCUT2D eigenvalue weighted by atomic mass is 9.84. The average molecular weight is 324 g/mol. The molecule has 0 N–H and O–H groups in total. The van der Waals surface area contributed by atoms with Gasteiger partial charge in [0, 0.05) is 0 Å². The Labute approximate surface area is 144 Å². The van der Waals surface area contributed by atoms with Crippen molar-refractivity contribution >= 4 is 0 Å². The van der Waals surface area contributed by atoms with Gasteiger partial charge in [-0.3, -0.25) is 4.90 Å². The van der Waals surface area contributed by atoms with Gasteiger partial charge >= 0.3 is 0 Å². The molecule has 1 saturated heterocycles. The highest BCUT2D eigenvalue weighted by atomic mass is 15.4. The fourth-order valence-electron chi connectivity index (χ4n) is 4.22. The van der Waals surface area contributed by atoms with E-state index in [1.165, 1.54) is 63.6 Å². The molecule has 1 aromatic heterocycles. The molecule has 0 unspecified atom stereocenters. The van der Waals surface area contributed by atoms with Gasteiger partial charge in [0.15, 0.2) is 5.82 Å². The Morgan fingerprint density at radius 2 is 1.67 bits per heavy atom. The van der Waals surface area contributed by atoms with E-state index in [4.69, 9.17) is 5.10 Å². The van der Waals surface area contributed by atoms with E-state index in [0.29, 0.717) is 0 Å². The van der Waals surface area contributed by atoms with E-state index in [0.717, 1.165) is 29.8 Å². The number of nitrogens with zero attached hydrogens (tertiary/aromatic N) is 4. The van der Waals surface area contributed by atoms with E-state index in [9.17, 15) is 0 Å². The van der Waals surface area contributed by atoms with E-state index in [2.05, 4.69) is 41.1 Å². The Morgan fingerprint density at radius 3 is 2.38 bits per heavy atom. The highest BCUT2D eigenvalue weighted by molar-refractivity contribution is 5.36. The summed E-state index contributed by atoms with van der Waals surface area (Å²) in [4.78, 5) is 7.12. The number of hydrogen-bond donors (Lipinski definition) is 0. The summed E-state index contributed by atoms with van der Waals surface area (Å²) in [6, 6.07) is 9.02. The fraction of sp³-hybridized carbons (Fsp3) is 0.600. The lowest BCUT2D eigenvalue weighted by Crippen LogP contribution is -2.19. The smallest absolute Gasteiger partial charge is 0.165 e. The predicted molar refractivity (Wildman–Crippen MR) is 96.4 cm³/mol. The molecule has 1 aromatic carbocycles. The van der Waals surface area contributed by atoms with Gasteiger partial charge in [0.05, 0.1) is 12.2 Å². The van der Waals surface area contributed by atoms with Gasteiger partial charge < -0.3 is 0 Å². The summed E-state index contributed by atoms with van der Waals surface area (Å²) in [5, 5.41) is 4.75. The Bertz CT molecular complexity index is 661. The van der Waals surface area contributed by atoms with Crippen LogP contribution in [-0.2, 0) is 6.54 Å². The maximum Gasteiger partial charge on any atom is 0.165 e. The second-order valence-corrected chi connectivity index (χ2v) is 7.40. The first kappa shape index (κ1) is 15.8. The molecule has 0 bridgehead atoms. The molecular formula is C20H28N4. The monoisotopic (exact) mass is 324 g/mol. The van der Waals surface area contributed by atoms with Crippen LogP contribution in [0.4, 0.5) is 0 Å². The van der Waals surface area contributed by atoms with Crippen molar-refractivity contribution in [1.82, 2.24) is 19.7 Å². The molecule has 2 fully saturated rings. The summed E-state index contributed by atoms with van der Waals surface area (Å²) in [5.74, 6) is 2.69. The standard InChI is InChI=1S/C20H28N4/c1-16-21-20(15-23-13-5-6-14-23)22-24(16)19-11-9-18(10-12-19)17-7-3-2-4-8-17/h9-12,17H,2-8,13-15H2,1H3. The topological polar surface area (TPSA) is 34.0 Å². The minimum absolute atomic E-state index is 0.760. The summed E-state index contributed by atoms with van der Waals surface area (Å²) in [6.07, 6.45) is 9.49. The van der Waals surface area contributed by atoms with Crippen molar-refractivity contribution in [3.05, 3.63) is 41.5 Å². The van der Waals surface area contributed by atoms with Gasteiger partial charge in [-0.1, -0.05) is 31.4 Å². The maximum atomic E-state index is 4.75. The van der Waals surface area contributed by atoms with Crippen molar-refractivity contribution in [3.8, 4) is 5.69 Å². The van der Waals surface area contributed by atoms with Crippen LogP contribution in [0.25, 0.3) is 5.69 Å². The molecule has 128 valence electrons. The number of aryl methyl sites for hydroxylation is 1. The van der Waals surface area contributed by atoms with Gasteiger partial charge in [0.25, 0.3) is 0 Å². The number of aromatic nitrogens is 3. The number of likely N-dealkylation sites (tertiary alicyclic amines) is 1. The Balaban J connectivity index is 1.49. The van der Waals surface area contributed by atoms with Gasteiger partial charge in [-0.05, 0) is 69.3 Å². The molecule has 4 heteroatoms. The van der Waals surface area contributed by atoms with Crippen molar-refractivity contribution in [2.24, 2.45) is 0 Å². The number of rotatable bonds is 4. The third-order valence-electron chi connectivity index (χ3n) is 5.59. The molecule has 1 saturated carbocycles. The van der Waals surface area contributed by atoms with Crippen LogP contribution in [-0.4, -0.2) is 32.8 Å². The molecule has 2 heterocycles. The van der Waals surface area contributed by atoms with Crippen molar-refractivity contribution in [2.75, 3.05) is 13.1 Å². The summed E-state index contributed by atoms with van der Waals surface area (Å²) < 4.78 is 2.00. The number of hydrogen-bond acceptors (Lipinski definition) is 3. The van der Waals surface area contributed by atoms with E-state index >= 15 is 0 Å². The summed E-state index contributed by atoms with van der Waals surface area (Å²) >= 11 is 0. The van der Waals surface area contributed by atoms with E-state index in [-0.39, 0.29) is 0 Å². The molecular weight excluding hydrogens is 296 g/mol. The quantitative estimate of drug-likeness (QED) is 0.844. The molecule has 24 heavy (non-hydrogen) atoms. The molecule has 0 amide bonds. The van der Waals surface area contributed by atoms with Crippen LogP contribution in [0.3, 0.4) is 0 Å². The summed E-state index contributed by atoms with van der Waals surface area (Å²) in [7, 11) is 0. The van der Waals surface area contributed by atoms with Gasteiger partial charge in [0.1, 0.15) is 5.82 Å². The minimum atomic E-state index is 0.760. The van der Waals surface area contributed by atoms with E-state index in [1.54, 1.807) is 0 Å². The Kier molecular flexibility index (Phi) is 4.65. The molecule has 0 radical (unpaired) electrons. The molecule has 2 aromatic rings. The molecule has 4 nitrogen and oxygen atoms in total. The molecule has 0 atom stereocenters. The predicted octanol–water partition coefficient (Wildman–Crippen LogP) is 4.22. The molecule has 2 aliphatic rings. The Morgan fingerprint density at radius 1 is 0.958 bits per heavy atom. The molecule has 0 spiro atoms. The van der Waals surface area contributed by atoms with Gasteiger partial charge in [-0.2, -0.15) is 0 Å². The highest BCUT2D eigenvalue weighted by Gasteiger charge is 2.17.